The highest BCUT2D eigenvalue weighted by atomic mass is 15.1. The quantitative estimate of drug-likeness (QED) is 0.138. The van der Waals surface area contributed by atoms with Gasteiger partial charge in [0.1, 0.15) is 0 Å². The van der Waals surface area contributed by atoms with Crippen molar-refractivity contribution < 1.29 is 0 Å². The Morgan fingerprint density at radius 2 is 0.841 bits per heavy atom. The van der Waals surface area contributed by atoms with Gasteiger partial charge in [-0.1, -0.05) is 224 Å². The van der Waals surface area contributed by atoms with Crippen LogP contribution >= 0.6 is 0 Å². The average Bonchev–Trinajstić information content (AvgIpc) is 3.70. The minimum Gasteiger partial charge on any atom is -0.310 e. The van der Waals surface area contributed by atoms with E-state index in [1.165, 1.54) is 99.1 Å². The zero-order valence-corrected chi connectivity index (χ0v) is 38.4. The SMILES string of the molecule is CC1(c2ccccc2)c2ccccc2-c2cccc(N(c3ccc(-c4ccc5ccccc5c4)cc3)c3cccc(-c4ccc5c(c4)c(-c4ccccc4)c(-c4ccccc4)c4ccccc45)c3)c21. The van der Waals surface area contributed by atoms with Crippen molar-refractivity contribution in [1.82, 2.24) is 0 Å². The minimum atomic E-state index is -0.407. The Hall–Kier alpha value is -8.78. The summed E-state index contributed by atoms with van der Waals surface area (Å²) < 4.78 is 0. The molecule has 12 aromatic rings. The summed E-state index contributed by atoms with van der Waals surface area (Å²) in [4.78, 5) is 2.50. The van der Waals surface area contributed by atoms with Crippen LogP contribution in [0.1, 0.15) is 23.6 Å². The Kier molecular flexibility index (Phi) is 9.70. The van der Waals surface area contributed by atoms with E-state index in [-0.39, 0.29) is 0 Å². The van der Waals surface area contributed by atoms with Crippen molar-refractivity contribution in [3.8, 4) is 55.6 Å². The molecule has 1 aliphatic carbocycles. The molecule has 0 saturated heterocycles. The van der Waals surface area contributed by atoms with E-state index in [0.717, 1.165) is 22.6 Å². The maximum absolute atomic E-state index is 2.50. The summed E-state index contributed by atoms with van der Waals surface area (Å²) in [5.41, 5.74) is 19.1. The van der Waals surface area contributed by atoms with Crippen molar-refractivity contribution >= 4 is 49.4 Å². The molecule has 1 nitrogen and oxygen atoms in total. The second-order valence-corrected chi connectivity index (χ2v) is 18.5. The van der Waals surface area contributed by atoms with E-state index in [9.17, 15) is 0 Å². The van der Waals surface area contributed by atoms with E-state index in [2.05, 4.69) is 279 Å². The summed E-state index contributed by atoms with van der Waals surface area (Å²) in [5.74, 6) is 0. The predicted octanol–water partition coefficient (Wildman–Crippen LogP) is 18.6. The lowest BCUT2D eigenvalue weighted by atomic mass is 9.73. The van der Waals surface area contributed by atoms with Crippen LogP contribution in [0.4, 0.5) is 17.1 Å². The summed E-state index contributed by atoms with van der Waals surface area (Å²) in [6.45, 7) is 2.42. The van der Waals surface area contributed by atoms with Crippen LogP contribution < -0.4 is 4.90 Å². The normalized spacial score (nSPS) is 13.9. The van der Waals surface area contributed by atoms with Crippen molar-refractivity contribution in [2.45, 2.75) is 12.3 Å². The zero-order chi connectivity index (χ0) is 45.9. The van der Waals surface area contributed by atoms with Gasteiger partial charge < -0.3 is 4.90 Å². The summed E-state index contributed by atoms with van der Waals surface area (Å²) in [6, 6.07) is 98.5. The zero-order valence-electron chi connectivity index (χ0n) is 38.4. The molecule has 0 aliphatic heterocycles. The standard InChI is InChI=1S/C68H47N/c1-68(54-26-9-4-10-27-54)63-33-16-15-30-59(63)61-32-18-34-64(67(61)68)69(55-40-37-47(38-41-55)52-36-35-46-19-11-12-24-50(46)43-52)56-28-17-25-51(44-56)53-39-42-58-57-29-13-14-31-60(57)65(48-20-5-2-6-21-48)66(62(58)45-53)49-22-7-3-8-23-49/h2-45H,1H3. The monoisotopic (exact) mass is 877 g/mol. The molecule has 0 bridgehead atoms. The number of rotatable bonds is 8. The fourth-order valence-electron chi connectivity index (χ4n) is 11.4. The lowest BCUT2D eigenvalue weighted by Gasteiger charge is -2.35. The summed E-state index contributed by atoms with van der Waals surface area (Å²) in [5, 5.41) is 7.48. The topological polar surface area (TPSA) is 3.24 Å². The first-order valence-corrected chi connectivity index (χ1v) is 24.0. The van der Waals surface area contributed by atoms with E-state index in [4.69, 9.17) is 0 Å². The highest BCUT2D eigenvalue weighted by Gasteiger charge is 2.43. The molecular formula is C68H47N. The first kappa shape index (κ1) is 40.5. The molecule has 0 heterocycles. The number of benzene rings is 12. The molecule has 0 N–H and O–H groups in total. The van der Waals surface area contributed by atoms with Gasteiger partial charge in [0.15, 0.2) is 0 Å². The lowest BCUT2D eigenvalue weighted by Crippen LogP contribution is -2.25. The molecule has 1 aliphatic rings. The smallest absolute Gasteiger partial charge is 0.0512 e. The second-order valence-electron chi connectivity index (χ2n) is 18.5. The van der Waals surface area contributed by atoms with Gasteiger partial charge in [0.05, 0.1) is 5.69 Å². The molecule has 1 unspecified atom stereocenters. The van der Waals surface area contributed by atoms with Crippen molar-refractivity contribution in [3.63, 3.8) is 0 Å². The third-order valence-electron chi connectivity index (χ3n) is 14.7. The molecule has 0 aromatic heterocycles. The van der Waals surface area contributed by atoms with E-state index in [1.807, 2.05) is 0 Å². The molecule has 0 spiro atoms. The summed E-state index contributed by atoms with van der Waals surface area (Å²) >= 11 is 0. The third kappa shape index (κ3) is 6.69. The largest absolute Gasteiger partial charge is 0.310 e. The first-order valence-electron chi connectivity index (χ1n) is 24.0. The molecule has 12 aromatic carbocycles. The van der Waals surface area contributed by atoms with Crippen LogP contribution in [0.25, 0.3) is 88.0 Å². The summed E-state index contributed by atoms with van der Waals surface area (Å²) in [6.07, 6.45) is 0. The minimum absolute atomic E-state index is 0.407. The van der Waals surface area contributed by atoms with Crippen molar-refractivity contribution in [2.24, 2.45) is 0 Å². The Labute approximate surface area is 403 Å². The Morgan fingerprint density at radius 1 is 0.304 bits per heavy atom. The molecule has 0 amide bonds. The highest BCUT2D eigenvalue weighted by molar-refractivity contribution is 6.22. The highest BCUT2D eigenvalue weighted by Crippen LogP contribution is 2.57. The Balaban J connectivity index is 1.02. The molecule has 0 saturated carbocycles. The molecule has 0 fully saturated rings. The van der Waals surface area contributed by atoms with Crippen LogP contribution in [-0.4, -0.2) is 0 Å². The second kappa shape index (κ2) is 16.5. The van der Waals surface area contributed by atoms with Gasteiger partial charge in [-0.05, 0) is 154 Å². The summed E-state index contributed by atoms with van der Waals surface area (Å²) in [7, 11) is 0. The lowest BCUT2D eigenvalue weighted by molar-refractivity contribution is 0.714. The fraction of sp³-hybridized carbons (Fsp3) is 0.0294. The van der Waals surface area contributed by atoms with Crippen LogP contribution in [0, 0.1) is 0 Å². The Bertz CT molecular complexity index is 3890. The molecule has 0 radical (unpaired) electrons. The maximum Gasteiger partial charge on any atom is 0.0512 e. The van der Waals surface area contributed by atoms with Gasteiger partial charge in [-0.2, -0.15) is 0 Å². The first-order chi connectivity index (χ1) is 34.1. The van der Waals surface area contributed by atoms with Crippen molar-refractivity contribution in [3.05, 3.63) is 284 Å². The maximum atomic E-state index is 2.50. The number of hydrogen-bond donors (Lipinski definition) is 0. The molecule has 13 rings (SSSR count). The Morgan fingerprint density at radius 3 is 1.61 bits per heavy atom. The van der Waals surface area contributed by atoms with Crippen LogP contribution in [-0.2, 0) is 5.41 Å². The molecule has 69 heavy (non-hydrogen) atoms. The van der Waals surface area contributed by atoms with Crippen LogP contribution in [0.2, 0.25) is 0 Å². The van der Waals surface area contributed by atoms with E-state index < -0.39 is 5.41 Å². The third-order valence-corrected chi connectivity index (χ3v) is 14.7. The number of fused-ring (bicyclic) bond motifs is 7. The van der Waals surface area contributed by atoms with Crippen LogP contribution in [0.5, 0.6) is 0 Å². The van der Waals surface area contributed by atoms with Gasteiger partial charge in [-0.15, -0.1) is 0 Å². The molecule has 1 heteroatoms. The molecule has 1 atom stereocenters. The van der Waals surface area contributed by atoms with Gasteiger partial charge in [0, 0.05) is 16.8 Å². The van der Waals surface area contributed by atoms with Gasteiger partial charge >= 0.3 is 0 Å². The van der Waals surface area contributed by atoms with Gasteiger partial charge in [0.25, 0.3) is 0 Å². The number of anilines is 3. The molecular weight excluding hydrogens is 831 g/mol. The van der Waals surface area contributed by atoms with Crippen molar-refractivity contribution in [1.29, 1.82) is 0 Å². The van der Waals surface area contributed by atoms with E-state index >= 15 is 0 Å². The fourth-order valence-corrected chi connectivity index (χ4v) is 11.4. The van der Waals surface area contributed by atoms with Crippen LogP contribution in [0.15, 0.2) is 267 Å². The number of nitrogens with zero attached hydrogens (tertiary/aromatic N) is 1. The van der Waals surface area contributed by atoms with Gasteiger partial charge in [-0.3, -0.25) is 0 Å². The van der Waals surface area contributed by atoms with Gasteiger partial charge in [-0.25, -0.2) is 0 Å². The number of hydrogen-bond acceptors (Lipinski definition) is 1. The van der Waals surface area contributed by atoms with E-state index in [0.29, 0.717) is 0 Å². The van der Waals surface area contributed by atoms with Gasteiger partial charge in [0.2, 0.25) is 0 Å². The van der Waals surface area contributed by atoms with Crippen molar-refractivity contribution in [2.75, 3.05) is 4.90 Å². The van der Waals surface area contributed by atoms with Crippen LogP contribution in [0.3, 0.4) is 0 Å². The predicted molar refractivity (Wildman–Crippen MR) is 293 cm³/mol. The average molecular weight is 878 g/mol. The van der Waals surface area contributed by atoms with E-state index in [1.54, 1.807) is 0 Å². The molecule has 324 valence electrons.